The van der Waals surface area contributed by atoms with Crippen LogP contribution in [0.15, 0.2) is 55.9 Å². The number of hydrogen-bond donors (Lipinski definition) is 2. The number of rotatable bonds is 3. The molecule has 0 saturated heterocycles. The molecule has 23 heavy (non-hydrogen) atoms. The van der Waals surface area contributed by atoms with Gasteiger partial charge in [0.15, 0.2) is 0 Å². The molecular weight excluding hydrogens is 318 g/mol. The molecule has 2 N–H and O–H groups in total. The number of fused-ring (bicyclic) bond motifs is 1. The largest absolute Gasteiger partial charge is 0.477 e. The Morgan fingerprint density at radius 3 is 2.61 bits per heavy atom. The van der Waals surface area contributed by atoms with E-state index in [9.17, 15) is 14.4 Å². The van der Waals surface area contributed by atoms with Gasteiger partial charge in [-0.1, -0.05) is 42.1 Å². The Labute approximate surface area is 134 Å². The number of aromatic nitrogens is 2. The van der Waals surface area contributed by atoms with Crippen LogP contribution in [0.4, 0.5) is 5.82 Å². The maximum absolute atomic E-state index is 12.6. The Kier molecular flexibility index (Phi) is 3.83. The van der Waals surface area contributed by atoms with E-state index in [2.05, 4.69) is 5.32 Å². The van der Waals surface area contributed by atoms with E-state index in [0.29, 0.717) is 5.82 Å². The molecule has 1 aromatic carbocycles. The molecule has 0 bridgehead atoms. The summed E-state index contributed by atoms with van der Waals surface area (Å²) in [6, 6.07) is 9.13. The van der Waals surface area contributed by atoms with Crippen molar-refractivity contribution in [1.82, 2.24) is 9.13 Å². The summed E-state index contributed by atoms with van der Waals surface area (Å²) in [5.74, 6) is -0.824. The van der Waals surface area contributed by atoms with Gasteiger partial charge >= 0.3 is 11.7 Å². The highest BCUT2D eigenvalue weighted by atomic mass is 32.2. The highest BCUT2D eigenvalue weighted by Gasteiger charge is 2.24. The highest BCUT2D eigenvalue weighted by molar-refractivity contribution is 8.04. The molecule has 0 aliphatic carbocycles. The quantitative estimate of drug-likeness (QED) is 0.873. The first kappa shape index (κ1) is 15.2. The zero-order valence-electron chi connectivity index (χ0n) is 12.1. The van der Waals surface area contributed by atoms with E-state index >= 15 is 0 Å². The van der Waals surface area contributed by atoms with Gasteiger partial charge in [0.05, 0.1) is 6.54 Å². The molecule has 118 valence electrons. The van der Waals surface area contributed by atoms with Crippen LogP contribution in [0, 0.1) is 0 Å². The normalized spacial score (nSPS) is 13.0. The Bertz CT molecular complexity index is 928. The van der Waals surface area contributed by atoms with E-state index < -0.39 is 17.2 Å². The zero-order valence-corrected chi connectivity index (χ0v) is 13.0. The summed E-state index contributed by atoms with van der Waals surface area (Å²) in [5.41, 5.74) is -0.149. The number of thioether (sulfide) groups is 1. The number of carbonyl (C=O) groups is 1. The lowest BCUT2D eigenvalue weighted by molar-refractivity contribution is -0.131. The smallest absolute Gasteiger partial charge is 0.344 e. The van der Waals surface area contributed by atoms with Crippen molar-refractivity contribution in [2.75, 3.05) is 5.32 Å². The van der Waals surface area contributed by atoms with Crippen molar-refractivity contribution in [3.05, 3.63) is 67.8 Å². The Morgan fingerprint density at radius 1 is 1.26 bits per heavy atom. The molecule has 7 nitrogen and oxygen atoms in total. The first-order valence-electron chi connectivity index (χ1n) is 6.74. The molecule has 0 spiro atoms. The molecule has 0 atom stereocenters. The van der Waals surface area contributed by atoms with Crippen molar-refractivity contribution < 1.29 is 9.90 Å². The van der Waals surface area contributed by atoms with E-state index in [0.717, 1.165) is 21.9 Å². The molecule has 0 saturated carbocycles. The number of aliphatic carboxylic acids is 1. The third-order valence-electron chi connectivity index (χ3n) is 3.45. The lowest BCUT2D eigenvalue weighted by Gasteiger charge is -2.19. The fourth-order valence-corrected chi connectivity index (χ4v) is 3.19. The van der Waals surface area contributed by atoms with Crippen LogP contribution < -0.4 is 16.6 Å². The van der Waals surface area contributed by atoms with Gasteiger partial charge in [0.25, 0.3) is 5.56 Å². The maximum atomic E-state index is 12.6. The van der Waals surface area contributed by atoms with Gasteiger partial charge in [-0.05, 0) is 5.56 Å². The predicted octanol–water partition coefficient (Wildman–Crippen LogP) is 1.04. The van der Waals surface area contributed by atoms with Crippen molar-refractivity contribution in [3.63, 3.8) is 0 Å². The number of benzene rings is 1. The van der Waals surface area contributed by atoms with E-state index in [-0.39, 0.29) is 16.3 Å². The lowest BCUT2D eigenvalue weighted by Crippen LogP contribution is -2.41. The van der Waals surface area contributed by atoms with Crippen LogP contribution in [0.5, 0.6) is 0 Å². The van der Waals surface area contributed by atoms with Gasteiger partial charge in [-0.15, -0.1) is 0 Å². The molecule has 0 radical (unpaired) electrons. The monoisotopic (exact) mass is 331 g/mol. The Hall–Kier alpha value is -2.74. The van der Waals surface area contributed by atoms with Crippen molar-refractivity contribution in [2.45, 2.75) is 11.4 Å². The van der Waals surface area contributed by atoms with E-state index in [1.54, 1.807) is 0 Å². The second-order valence-corrected chi connectivity index (χ2v) is 6.01. The summed E-state index contributed by atoms with van der Waals surface area (Å²) in [5, 5.41) is 11.8. The molecule has 1 aliphatic heterocycles. The summed E-state index contributed by atoms with van der Waals surface area (Å²) < 4.78 is 2.41. The molecule has 1 aromatic heterocycles. The van der Waals surface area contributed by atoms with Crippen molar-refractivity contribution >= 4 is 23.5 Å². The molecule has 0 amide bonds. The van der Waals surface area contributed by atoms with Crippen molar-refractivity contribution in [3.8, 4) is 0 Å². The average molecular weight is 331 g/mol. The number of carboxylic acids is 1. The third-order valence-corrected chi connectivity index (χ3v) is 4.54. The number of hydrogen-bond acceptors (Lipinski definition) is 5. The maximum Gasteiger partial charge on any atom is 0.344 e. The van der Waals surface area contributed by atoms with Crippen LogP contribution in [0.1, 0.15) is 5.56 Å². The van der Waals surface area contributed by atoms with E-state index in [4.69, 9.17) is 5.11 Å². The fraction of sp³-hybridized carbons (Fsp3) is 0.133. The van der Waals surface area contributed by atoms with Gasteiger partial charge in [-0.25, -0.2) is 9.59 Å². The van der Waals surface area contributed by atoms with Crippen LogP contribution in [0.2, 0.25) is 0 Å². The molecule has 0 fully saturated rings. The SMILES string of the molecule is Cn1c2c(c(=O)n(Cc3ccccc3)c1=O)SC(C(=O)O)=CN2. The second-order valence-electron chi connectivity index (χ2n) is 4.96. The summed E-state index contributed by atoms with van der Waals surface area (Å²) in [7, 11) is 1.54. The van der Waals surface area contributed by atoms with E-state index in [1.807, 2.05) is 30.3 Å². The van der Waals surface area contributed by atoms with Crippen LogP contribution in [0.25, 0.3) is 0 Å². The van der Waals surface area contributed by atoms with Gasteiger partial charge in [0, 0.05) is 13.2 Å². The molecule has 3 rings (SSSR count). The number of anilines is 1. The van der Waals surface area contributed by atoms with E-state index in [1.165, 1.54) is 17.8 Å². The Morgan fingerprint density at radius 2 is 1.96 bits per heavy atom. The highest BCUT2D eigenvalue weighted by Crippen LogP contribution is 2.33. The molecule has 0 unspecified atom stereocenters. The molecule has 8 heteroatoms. The third kappa shape index (κ3) is 2.68. The second kappa shape index (κ2) is 5.81. The first-order valence-corrected chi connectivity index (χ1v) is 7.56. The van der Waals surface area contributed by atoms with Crippen molar-refractivity contribution in [2.24, 2.45) is 7.05 Å². The van der Waals surface area contributed by atoms with Gasteiger partial charge < -0.3 is 10.4 Å². The number of nitrogens with one attached hydrogen (secondary N) is 1. The van der Waals surface area contributed by atoms with Crippen LogP contribution in [-0.4, -0.2) is 20.2 Å². The van der Waals surface area contributed by atoms with Crippen molar-refractivity contribution in [1.29, 1.82) is 0 Å². The van der Waals surface area contributed by atoms with Crippen LogP contribution in [-0.2, 0) is 18.4 Å². The minimum Gasteiger partial charge on any atom is -0.477 e. The standard InChI is InChI=1S/C15H13N3O4S/c1-17-12-11(23-10(7-16-12)14(20)21)13(19)18(15(17)22)8-9-5-3-2-4-6-9/h2-7,16H,8H2,1H3,(H,20,21). The fourth-order valence-electron chi connectivity index (χ4n) is 2.28. The minimum atomic E-state index is -1.13. The summed E-state index contributed by atoms with van der Waals surface area (Å²) >= 11 is 0.845. The summed E-state index contributed by atoms with van der Waals surface area (Å²) in [4.78, 5) is 36.3. The lowest BCUT2D eigenvalue weighted by atomic mass is 10.2. The van der Waals surface area contributed by atoms with Gasteiger partial charge in [0.2, 0.25) is 0 Å². The Balaban J connectivity index is 2.12. The van der Waals surface area contributed by atoms with Gasteiger partial charge in [-0.3, -0.25) is 13.9 Å². The molecule has 2 aromatic rings. The summed E-state index contributed by atoms with van der Waals surface area (Å²) in [6.45, 7) is 0.131. The van der Waals surface area contributed by atoms with Gasteiger partial charge in [-0.2, -0.15) is 0 Å². The molecule has 1 aliphatic rings. The number of nitrogens with zero attached hydrogens (tertiary/aromatic N) is 2. The van der Waals surface area contributed by atoms with Gasteiger partial charge in [0.1, 0.15) is 15.6 Å². The number of carboxylic acid groups (broad SMARTS) is 1. The minimum absolute atomic E-state index is 0.000454. The van der Waals surface area contributed by atoms with Crippen LogP contribution in [0.3, 0.4) is 0 Å². The van der Waals surface area contributed by atoms with Crippen LogP contribution >= 0.6 is 11.8 Å². The molecular formula is C15H13N3O4S. The molecule has 2 heterocycles. The predicted molar refractivity (Wildman–Crippen MR) is 86.7 cm³/mol. The average Bonchev–Trinajstić information content (AvgIpc) is 2.57. The zero-order chi connectivity index (χ0) is 16.6. The summed E-state index contributed by atoms with van der Waals surface area (Å²) in [6.07, 6.45) is 1.27. The first-order chi connectivity index (χ1) is 11.0. The topological polar surface area (TPSA) is 93.3 Å².